The van der Waals surface area contributed by atoms with Crippen molar-refractivity contribution in [2.24, 2.45) is 0 Å². The number of benzene rings is 5. The first-order valence-electron chi connectivity index (χ1n) is 13.8. The van der Waals surface area contributed by atoms with Crippen molar-refractivity contribution in [2.45, 2.75) is 23.3 Å². The van der Waals surface area contributed by atoms with Crippen LogP contribution in [0.15, 0.2) is 137 Å². The number of nitrogens with zero attached hydrogens (tertiary/aromatic N) is 1. The van der Waals surface area contributed by atoms with Gasteiger partial charge < -0.3 is 14.0 Å². The SMILES string of the molecule is CCN(Cc1cccc(S(=O)(=O)[O-])c1)c1ccc(C(c2ccccc2)=c2ccc(=Cc3cccc(S(=O)(=O)[O-])c3)cc2)cc1.[Na+]. The van der Waals surface area contributed by atoms with Crippen molar-refractivity contribution in [2.75, 3.05) is 11.4 Å². The minimum absolute atomic E-state index is 0. The zero-order valence-corrected chi connectivity index (χ0v) is 28.5. The summed E-state index contributed by atoms with van der Waals surface area (Å²) in [5, 5.41) is 1.84. The van der Waals surface area contributed by atoms with Gasteiger partial charge in [-0.3, -0.25) is 0 Å². The Bertz CT molecular complexity index is 2110. The zero-order valence-electron chi connectivity index (χ0n) is 24.8. The molecular weight excluding hydrogens is 618 g/mol. The molecule has 5 aromatic rings. The molecule has 0 aliphatic heterocycles. The van der Waals surface area contributed by atoms with Gasteiger partial charge in [-0.25, -0.2) is 16.8 Å². The minimum atomic E-state index is -4.54. The second kappa shape index (κ2) is 14.7. The van der Waals surface area contributed by atoms with E-state index in [1.54, 1.807) is 24.3 Å². The van der Waals surface area contributed by atoms with Gasteiger partial charge in [0.05, 0.1) is 9.79 Å². The fraction of sp³-hybridized carbons (Fsp3) is 0.0857. The first-order chi connectivity index (χ1) is 21.0. The van der Waals surface area contributed by atoms with E-state index in [2.05, 4.69) is 4.90 Å². The van der Waals surface area contributed by atoms with Crippen LogP contribution in [0.1, 0.15) is 29.2 Å². The number of hydrogen-bond donors (Lipinski definition) is 0. The Balaban J connectivity index is 0.00000461. The maximum absolute atomic E-state index is 11.5. The molecule has 0 atom stereocenters. The summed E-state index contributed by atoms with van der Waals surface area (Å²) in [6, 6.07) is 38.1. The number of anilines is 1. The van der Waals surface area contributed by atoms with Gasteiger partial charge in [-0.15, -0.1) is 0 Å². The fourth-order valence-electron chi connectivity index (χ4n) is 5.05. The Hall–Kier alpha value is -3.54. The second-order valence-electron chi connectivity index (χ2n) is 10.2. The van der Waals surface area contributed by atoms with Crippen molar-refractivity contribution in [3.05, 3.63) is 160 Å². The van der Waals surface area contributed by atoms with Gasteiger partial charge in [0.2, 0.25) is 0 Å². The Kier molecular flexibility index (Phi) is 11.2. The minimum Gasteiger partial charge on any atom is -0.744 e. The molecule has 0 fully saturated rings. The van der Waals surface area contributed by atoms with Gasteiger partial charge in [0, 0.05) is 18.8 Å². The molecule has 0 bridgehead atoms. The van der Waals surface area contributed by atoms with E-state index in [1.807, 2.05) is 91.9 Å². The summed E-state index contributed by atoms with van der Waals surface area (Å²) in [6.07, 6.45) is 1.82. The van der Waals surface area contributed by atoms with Gasteiger partial charge >= 0.3 is 29.6 Å². The summed E-state index contributed by atoms with van der Waals surface area (Å²) in [4.78, 5) is 1.59. The summed E-state index contributed by atoms with van der Waals surface area (Å²) in [6.45, 7) is 3.12. The molecule has 0 amide bonds. The van der Waals surface area contributed by atoms with Crippen LogP contribution >= 0.6 is 0 Å². The predicted octanol–water partition coefficient (Wildman–Crippen LogP) is 1.60. The Labute approximate surface area is 286 Å². The Morgan fingerprint density at radius 2 is 1.24 bits per heavy atom. The molecule has 0 aliphatic rings. The Morgan fingerprint density at radius 1 is 0.667 bits per heavy atom. The first kappa shape index (κ1) is 34.3. The van der Waals surface area contributed by atoms with Crippen LogP contribution in [0, 0.1) is 0 Å². The van der Waals surface area contributed by atoms with Gasteiger partial charge in [-0.2, -0.15) is 0 Å². The molecule has 0 heterocycles. The van der Waals surface area contributed by atoms with Gasteiger partial charge in [-0.05, 0) is 87.7 Å². The maximum Gasteiger partial charge on any atom is 1.00 e. The van der Waals surface area contributed by atoms with Crippen molar-refractivity contribution in [1.82, 2.24) is 0 Å². The molecule has 0 aliphatic carbocycles. The molecule has 0 radical (unpaired) electrons. The Morgan fingerprint density at radius 3 is 1.84 bits per heavy atom. The third-order valence-electron chi connectivity index (χ3n) is 7.21. The molecule has 0 N–H and O–H groups in total. The molecule has 5 aromatic carbocycles. The van der Waals surface area contributed by atoms with Crippen molar-refractivity contribution < 1.29 is 55.5 Å². The summed E-state index contributed by atoms with van der Waals surface area (Å²) >= 11 is 0. The molecule has 0 saturated carbocycles. The first-order valence-corrected chi connectivity index (χ1v) is 16.7. The van der Waals surface area contributed by atoms with Crippen LogP contribution in [0.4, 0.5) is 5.69 Å². The van der Waals surface area contributed by atoms with Gasteiger partial charge in [0.15, 0.2) is 0 Å². The van der Waals surface area contributed by atoms with Crippen LogP contribution in [-0.4, -0.2) is 32.5 Å². The smallest absolute Gasteiger partial charge is 0.744 e. The fourth-order valence-corrected chi connectivity index (χ4v) is 6.11. The van der Waals surface area contributed by atoms with Crippen LogP contribution < -0.4 is 44.9 Å². The average Bonchev–Trinajstić information content (AvgIpc) is 3.01. The monoisotopic (exact) mass is 646 g/mol. The molecule has 7 nitrogen and oxygen atoms in total. The molecule has 0 aromatic heterocycles. The van der Waals surface area contributed by atoms with E-state index in [0.29, 0.717) is 18.7 Å². The normalized spacial score (nSPS) is 11.4. The molecular formula is C35H29NNaO6S2-. The summed E-state index contributed by atoms with van der Waals surface area (Å²) < 4.78 is 68.7. The molecule has 0 unspecified atom stereocenters. The van der Waals surface area contributed by atoms with Crippen molar-refractivity contribution >= 4 is 37.6 Å². The van der Waals surface area contributed by atoms with Crippen LogP contribution in [0.3, 0.4) is 0 Å². The molecule has 0 saturated heterocycles. The summed E-state index contributed by atoms with van der Waals surface area (Å²) in [5.41, 5.74) is 5.35. The van der Waals surface area contributed by atoms with Crippen molar-refractivity contribution in [3.8, 4) is 0 Å². The summed E-state index contributed by atoms with van der Waals surface area (Å²) in [7, 11) is -9.07. The predicted molar refractivity (Wildman–Crippen MR) is 169 cm³/mol. The van der Waals surface area contributed by atoms with E-state index in [9.17, 15) is 25.9 Å². The van der Waals surface area contributed by atoms with Gasteiger partial charge in [0.25, 0.3) is 0 Å². The van der Waals surface area contributed by atoms with E-state index in [1.165, 1.54) is 24.3 Å². The van der Waals surface area contributed by atoms with Crippen molar-refractivity contribution in [1.29, 1.82) is 0 Å². The topological polar surface area (TPSA) is 118 Å². The van der Waals surface area contributed by atoms with Gasteiger partial charge in [0.1, 0.15) is 20.2 Å². The molecule has 5 rings (SSSR count). The van der Waals surface area contributed by atoms with Crippen LogP contribution in [0.2, 0.25) is 0 Å². The van der Waals surface area contributed by atoms with Crippen LogP contribution in [0.25, 0.3) is 11.6 Å². The molecule has 45 heavy (non-hydrogen) atoms. The van der Waals surface area contributed by atoms with E-state index in [-0.39, 0.29) is 39.3 Å². The third-order valence-corrected chi connectivity index (χ3v) is 8.87. The van der Waals surface area contributed by atoms with Gasteiger partial charge in [-0.1, -0.05) is 91.0 Å². The molecule has 0 spiro atoms. The van der Waals surface area contributed by atoms with E-state index in [4.69, 9.17) is 0 Å². The molecule has 224 valence electrons. The van der Waals surface area contributed by atoms with Crippen LogP contribution in [0.5, 0.6) is 0 Å². The quantitative estimate of drug-likeness (QED) is 0.176. The zero-order chi connectivity index (χ0) is 31.3. The second-order valence-corrected chi connectivity index (χ2v) is 13.0. The number of rotatable bonds is 9. The molecule has 10 heteroatoms. The standard InChI is InChI=1S/C35H31NO6S2.Na/c1-2-36(25-28-9-7-13-34(24-28)44(40,41)42)32-20-18-31(19-21-32)35(29-10-4-3-5-11-29)30-16-14-26(15-17-30)22-27-8-6-12-33(23-27)43(37,38)39;/h3-24H,2,25H2,1H3,(H,37,38,39)(H,40,41,42);/q;+1/p-2. The third kappa shape index (κ3) is 8.80. The van der Waals surface area contributed by atoms with E-state index < -0.39 is 20.2 Å². The van der Waals surface area contributed by atoms with E-state index >= 15 is 0 Å². The average molecular weight is 647 g/mol. The van der Waals surface area contributed by atoms with E-state index in [0.717, 1.165) is 38.4 Å². The van der Waals surface area contributed by atoms with Crippen LogP contribution in [-0.2, 0) is 26.8 Å². The largest absolute Gasteiger partial charge is 1.00 e. The summed E-state index contributed by atoms with van der Waals surface area (Å²) in [5.74, 6) is 0. The van der Waals surface area contributed by atoms with Crippen molar-refractivity contribution in [3.63, 3.8) is 0 Å². The number of hydrogen-bond acceptors (Lipinski definition) is 7. The maximum atomic E-state index is 11.5.